The Balaban J connectivity index is 2.23. The Labute approximate surface area is 74.5 Å². The largest absolute Gasteiger partial charge is 0.328 e. The van der Waals surface area contributed by atoms with E-state index < -0.39 is 5.67 Å². The van der Waals surface area contributed by atoms with Crippen LogP contribution in [0.1, 0.15) is 45.4 Å². The SMILES string of the molecule is CCCCCC(F)(CN)C1CC1. The zero-order valence-electron chi connectivity index (χ0n) is 7.98. The molecule has 1 saturated carbocycles. The van der Waals surface area contributed by atoms with Gasteiger partial charge in [0.1, 0.15) is 5.67 Å². The maximum atomic E-state index is 13.9. The molecule has 0 saturated heterocycles. The van der Waals surface area contributed by atoms with Gasteiger partial charge in [0.15, 0.2) is 0 Å². The molecule has 1 aliphatic carbocycles. The van der Waals surface area contributed by atoms with E-state index >= 15 is 0 Å². The lowest BCUT2D eigenvalue weighted by Crippen LogP contribution is -2.35. The number of hydrogen-bond acceptors (Lipinski definition) is 1. The monoisotopic (exact) mass is 173 g/mol. The average molecular weight is 173 g/mol. The lowest BCUT2D eigenvalue weighted by Gasteiger charge is -2.22. The van der Waals surface area contributed by atoms with E-state index in [0.717, 1.165) is 32.1 Å². The van der Waals surface area contributed by atoms with E-state index in [1.54, 1.807) is 0 Å². The third-order valence-electron chi connectivity index (χ3n) is 2.84. The van der Waals surface area contributed by atoms with Crippen molar-refractivity contribution in [2.45, 2.75) is 51.1 Å². The van der Waals surface area contributed by atoms with Crippen molar-refractivity contribution in [1.29, 1.82) is 0 Å². The summed E-state index contributed by atoms with van der Waals surface area (Å²) in [6.45, 7) is 2.36. The number of unbranched alkanes of at least 4 members (excludes halogenated alkanes) is 2. The first-order valence-electron chi connectivity index (χ1n) is 5.12. The quantitative estimate of drug-likeness (QED) is 0.614. The molecule has 1 nitrogen and oxygen atoms in total. The van der Waals surface area contributed by atoms with Gasteiger partial charge in [-0.2, -0.15) is 0 Å². The van der Waals surface area contributed by atoms with Gasteiger partial charge in [-0.3, -0.25) is 0 Å². The first-order chi connectivity index (χ1) is 5.73. The third kappa shape index (κ3) is 2.44. The first kappa shape index (κ1) is 9.97. The van der Waals surface area contributed by atoms with Crippen molar-refractivity contribution >= 4 is 0 Å². The highest BCUT2D eigenvalue weighted by Crippen LogP contribution is 2.44. The maximum Gasteiger partial charge on any atom is 0.126 e. The molecule has 0 amide bonds. The number of rotatable bonds is 6. The zero-order chi connectivity index (χ0) is 9.03. The van der Waals surface area contributed by atoms with Crippen LogP contribution in [-0.4, -0.2) is 12.2 Å². The molecule has 2 heteroatoms. The van der Waals surface area contributed by atoms with Gasteiger partial charge in [-0.05, 0) is 25.2 Å². The van der Waals surface area contributed by atoms with Crippen LogP contribution < -0.4 is 5.73 Å². The van der Waals surface area contributed by atoms with Crippen molar-refractivity contribution in [3.63, 3.8) is 0 Å². The molecule has 2 N–H and O–H groups in total. The van der Waals surface area contributed by atoms with Crippen molar-refractivity contribution in [2.75, 3.05) is 6.54 Å². The Morgan fingerprint density at radius 1 is 1.42 bits per heavy atom. The minimum absolute atomic E-state index is 0.224. The van der Waals surface area contributed by atoms with Crippen LogP contribution in [0, 0.1) is 5.92 Å². The maximum absolute atomic E-state index is 13.9. The van der Waals surface area contributed by atoms with Crippen LogP contribution in [0.15, 0.2) is 0 Å². The Hall–Kier alpha value is -0.110. The molecule has 1 fully saturated rings. The predicted octanol–water partition coefficient (Wildman–Crippen LogP) is 2.64. The summed E-state index contributed by atoms with van der Waals surface area (Å²) >= 11 is 0. The van der Waals surface area contributed by atoms with E-state index in [-0.39, 0.29) is 6.54 Å². The molecule has 1 atom stereocenters. The van der Waals surface area contributed by atoms with Crippen LogP contribution in [0.5, 0.6) is 0 Å². The van der Waals surface area contributed by atoms with Crippen molar-refractivity contribution in [2.24, 2.45) is 11.7 Å². The summed E-state index contributed by atoms with van der Waals surface area (Å²) in [5, 5.41) is 0. The van der Waals surface area contributed by atoms with Crippen molar-refractivity contribution in [3.05, 3.63) is 0 Å². The highest BCUT2D eigenvalue weighted by Gasteiger charge is 2.43. The molecule has 0 aromatic carbocycles. The number of nitrogens with two attached hydrogens (primary N) is 1. The molecule has 1 rings (SSSR count). The van der Waals surface area contributed by atoms with Crippen molar-refractivity contribution < 1.29 is 4.39 Å². The normalized spacial score (nSPS) is 22.2. The molecule has 72 valence electrons. The summed E-state index contributed by atoms with van der Waals surface area (Å²) in [4.78, 5) is 0. The van der Waals surface area contributed by atoms with Gasteiger partial charge in [0.25, 0.3) is 0 Å². The topological polar surface area (TPSA) is 26.0 Å². The van der Waals surface area contributed by atoms with E-state index in [4.69, 9.17) is 5.73 Å². The molecule has 0 radical (unpaired) electrons. The smallest absolute Gasteiger partial charge is 0.126 e. The number of halogens is 1. The fourth-order valence-corrected chi connectivity index (χ4v) is 1.74. The molecule has 1 aliphatic rings. The summed E-state index contributed by atoms with van der Waals surface area (Å²) in [5.41, 5.74) is 4.44. The van der Waals surface area contributed by atoms with Gasteiger partial charge >= 0.3 is 0 Å². The molecule has 0 heterocycles. The van der Waals surface area contributed by atoms with Crippen LogP contribution in [0.25, 0.3) is 0 Å². The van der Waals surface area contributed by atoms with E-state index in [1.807, 2.05) is 0 Å². The Morgan fingerprint density at radius 3 is 2.50 bits per heavy atom. The van der Waals surface area contributed by atoms with E-state index in [0.29, 0.717) is 12.3 Å². The minimum atomic E-state index is -1.02. The van der Waals surface area contributed by atoms with E-state index in [9.17, 15) is 4.39 Å². The van der Waals surface area contributed by atoms with Gasteiger partial charge < -0.3 is 5.73 Å². The number of alkyl halides is 1. The second-order valence-corrected chi connectivity index (χ2v) is 3.97. The molecular weight excluding hydrogens is 153 g/mol. The summed E-state index contributed by atoms with van der Waals surface area (Å²) in [6.07, 6.45) is 6.09. The highest BCUT2D eigenvalue weighted by atomic mass is 19.1. The Kier molecular flexibility index (Phi) is 3.51. The Morgan fingerprint density at radius 2 is 2.08 bits per heavy atom. The summed E-state index contributed by atoms with van der Waals surface area (Å²) in [7, 11) is 0. The van der Waals surface area contributed by atoms with Crippen LogP contribution in [0.3, 0.4) is 0 Å². The van der Waals surface area contributed by atoms with Gasteiger partial charge in [-0.1, -0.05) is 26.2 Å². The molecule has 0 aromatic heterocycles. The van der Waals surface area contributed by atoms with Crippen molar-refractivity contribution in [1.82, 2.24) is 0 Å². The predicted molar refractivity (Wildman–Crippen MR) is 49.8 cm³/mol. The average Bonchev–Trinajstić information content (AvgIpc) is 2.87. The third-order valence-corrected chi connectivity index (χ3v) is 2.84. The fourth-order valence-electron chi connectivity index (χ4n) is 1.74. The molecule has 0 aromatic rings. The molecule has 12 heavy (non-hydrogen) atoms. The van der Waals surface area contributed by atoms with Gasteiger partial charge in [-0.15, -0.1) is 0 Å². The molecule has 1 unspecified atom stereocenters. The van der Waals surface area contributed by atoms with E-state index in [2.05, 4.69) is 6.92 Å². The standard InChI is InChI=1S/C10H20FN/c1-2-3-4-7-10(11,8-12)9-5-6-9/h9H,2-8,12H2,1H3. The van der Waals surface area contributed by atoms with Crippen LogP contribution in [-0.2, 0) is 0 Å². The second kappa shape index (κ2) is 4.22. The fraction of sp³-hybridized carbons (Fsp3) is 1.00. The molecule has 0 bridgehead atoms. The Bertz CT molecular complexity index is 134. The summed E-state index contributed by atoms with van der Waals surface area (Å²) in [5.74, 6) is 0.291. The summed E-state index contributed by atoms with van der Waals surface area (Å²) in [6, 6.07) is 0. The van der Waals surface area contributed by atoms with Gasteiger partial charge in [0.05, 0.1) is 0 Å². The lowest BCUT2D eigenvalue weighted by molar-refractivity contribution is 0.126. The minimum Gasteiger partial charge on any atom is -0.328 e. The summed E-state index contributed by atoms with van der Waals surface area (Å²) < 4.78 is 13.9. The van der Waals surface area contributed by atoms with Gasteiger partial charge in [0.2, 0.25) is 0 Å². The first-order valence-corrected chi connectivity index (χ1v) is 5.12. The van der Waals surface area contributed by atoms with Crippen molar-refractivity contribution in [3.8, 4) is 0 Å². The van der Waals surface area contributed by atoms with E-state index in [1.165, 1.54) is 0 Å². The van der Waals surface area contributed by atoms with Crippen LogP contribution in [0.4, 0.5) is 4.39 Å². The second-order valence-electron chi connectivity index (χ2n) is 3.97. The van der Waals surface area contributed by atoms with Crippen LogP contribution >= 0.6 is 0 Å². The number of hydrogen-bond donors (Lipinski definition) is 1. The zero-order valence-corrected chi connectivity index (χ0v) is 7.98. The molecule has 0 spiro atoms. The van der Waals surface area contributed by atoms with Crippen LogP contribution in [0.2, 0.25) is 0 Å². The van der Waals surface area contributed by atoms with Gasteiger partial charge in [0, 0.05) is 6.54 Å². The highest BCUT2D eigenvalue weighted by molar-refractivity contribution is 4.95. The molecular formula is C10H20FN. The van der Waals surface area contributed by atoms with Gasteiger partial charge in [-0.25, -0.2) is 4.39 Å². The lowest BCUT2D eigenvalue weighted by atomic mass is 9.93. The molecule has 0 aliphatic heterocycles.